The van der Waals surface area contributed by atoms with E-state index < -0.39 is 0 Å². The van der Waals surface area contributed by atoms with Gasteiger partial charge in [-0.15, -0.1) is 11.8 Å². The lowest BCUT2D eigenvalue weighted by molar-refractivity contribution is 0.102. The number of thioether (sulfide) groups is 1. The quantitative estimate of drug-likeness (QED) is 0.687. The third-order valence-electron chi connectivity index (χ3n) is 4.22. The Hall–Kier alpha value is -2.53. The monoisotopic (exact) mass is 351 g/mol. The average Bonchev–Trinajstić information content (AvgIpc) is 2.91. The summed E-state index contributed by atoms with van der Waals surface area (Å²) in [6.45, 7) is 4.65. The van der Waals surface area contributed by atoms with E-state index in [4.69, 9.17) is 0 Å². The van der Waals surface area contributed by atoms with Crippen molar-refractivity contribution in [3.63, 3.8) is 0 Å². The molecule has 4 nitrogen and oxygen atoms in total. The number of carbonyl (C=O) groups is 1. The van der Waals surface area contributed by atoms with Gasteiger partial charge in [-0.2, -0.15) is 0 Å². The number of benzene rings is 1. The lowest BCUT2D eigenvalue weighted by Crippen LogP contribution is -2.14. The Labute approximate surface area is 152 Å². The van der Waals surface area contributed by atoms with Crippen molar-refractivity contribution < 1.29 is 4.79 Å². The maximum Gasteiger partial charge on any atom is 0.257 e. The summed E-state index contributed by atoms with van der Waals surface area (Å²) in [6, 6.07) is 15.6. The largest absolute Gasteiger partial charge is 0.342 e. The summed E-state index contributed by atoms with van der Waals surface area (Å²) in [4.78, 5) is 18.2. The van der Waals surface area contributed by atoms with E-state index in [0.29, 0.717) is 12.1 Å². The topological polar surface area (TPSA) is 46.9 Å². The summed E-state index contributed by atoms with van der Waals surface area (Å²) >= 11 is 1.62. The van der Waals surface area contributed by atoms with Crippen molar-refractivity contribution in [2.45, 2.75) is 25.3 Å². The minimum absolute atomic E-state index is 0.0816. The number of hydrogen-bond acceptors (Lipinski definition) is 3. The summed E-state index contributed by atoms with van der Waals surface area (Å²) in [5, 5.41) is 3.03. The van der Waals surface area contributed by atoms with Crippen LogP contribution in [0.5, 0.6) is 0 Å². The van der Waals surface area contributed by atoms with Gasteiger partial charge in [0.05, 0.1) is 23.5 Å². The average molecular weight is 351 g/mol. The van der Waals surface area contributed by atoms with E-state index in [2.05, 4.69) is 14.9 Å². The zero-order valence-corrected chi connectivity index (χ0v) is 15.4. The summed E-state index contributed by atoms with van der Waals surface area (Å²) in [7, 11) is 0. The van der Waals surface area contributed by atoms with Gasteiger partial charge in [0.2, 0.25) is 0 Å². The number of anilines is 1. The molecule has 0 radical (unpaired) electrons. The van der Waals surface area contributed by atoms with E-state index in [-0.39, 0.29) is 5.91 Å². The van der Waals surface area contributed by atoms with Gasteiger partial charge in [0.15, 0.2) is 0 Å². The highest BCUT2D eigenvalue weighted by atomic mass is 32.2. The molecular formula is C20H21N3OS. The number of carbonyl (C=O) groups excluding carboxylic acids is 1. The molecule has 1 aromatic carbocycles. The summed E-state index contributed by atoms with van der Waals surface area (Å²) in [5.74, 6) is -0.0816. The molecule has 5 heteroatoms. The molecule has 0 atom stereocenters. The second-order valence-electron chi connectivity index (χ2n) is 5.85. The van der Waals surface area contributed by atoms with Crippen molar-refractivity contribution in [2.24, 2.45) is 0 Å². The molecule has 0 aliphatic heterocycles. The van der Waals surface area contributed by atoms with Crippen LogP contribution in [0.1, 0.15) is 27.4 Å². The first-order chi connectivity index (χ1) is 12.1. The van der Waals surface area contributed by atoms with Crippen LogP contribution in [-0.2, 0) is 6.54 Å². The Kier molecular flexibility index (Phi) is 5.24. The molecule has 2 heterocycles. The van der Waals surface area contributed by atoms with E-state index in [9.17, 15) is 4.79 Å². The zero-order valence-electron chi connectivity index (χ0n) is 14.6. The highest BCUT2D eigenvalue weighted by Crippen LogP contribution is 2.26. The van der Waals surface area contributed by atoms with Crippen molar-refractivity contribution in [2.75, 3.05) is 11.6 Å². The van der Waals surface area contributed by atoms with Gasteiger partial charge < -0.3 is 9.88 Å². The smallest absolute Gasteiger partial charge is 0.257 e. The van der Waals surface area contributed by atoms with Crippen molar-refractivity contribution >= 4 is 23.4 Å². The van der Waals surface area contributed by atoms with Crippen LogP contribution in [-0.4, -0.2) is 21.7 Å². The second kappa shape index (κ2) is 7.57. The highest BCUT2D eigenvalue weighted by Gasteiger charge is 2.17. The van der Waals surface area contributed by atoms with E-state index in [1.807, 2.05) is 68.6 Å². The lowest BCUT2D eigenvalue weighted by atomic mass is 10.2. The SMILES string of the molecule is CSc1ccccc1NC(=O)c1cc(C)n(Cc2ccccn2)c1C. The third kappa shape index (κ3) is 3.77. The Balaban J connectivity index is 1.85. The molecule has 0 aliphatic rings. The van der Waals surface area contributed by atoms with Gasteiger partial charge in [-0.1, -0.05) is 18.2 Å². The lowest BCUT2D eigenvalue weighted by Gasteiger charge is -2.11. The van der Waals surface area contributed by atoms with E-state index in [0.717, 1.165) is 27.7 Å². The predicted octanol–water partition coefficient (Wildman–Crippen LogP) is 4.52. The maximum atomic E-state index is 12.8. The maximum absolute atomic E-state index is 12.8. The van der Waals surface area contributed by atoms with Crippen LogP contribution in [0.15, 0.2) is 59.6 Å². The van der Waals surface area contributed by atoms with Crippen molar-refractivity contribution in [3.05, 3.63) is 77.4 Å². The molecule has 0 aliphatic carbocycles. The Morgan fingerprint density at radius 3 is 2.64 bits per heavy atom. The van der Waals surface area contributed by atoms with Gasteiger partial charge >= 0.3 is 0 Å². The Bertz CT molecular complexity index is 887. The van der Waals surface area contributed by atoms with Crippen LogP contribution in [0.4, 0.5) is 5.69 Å². The molecule has 0 unspecified atom stereocenters. The Morgan fingerprint density at radius 1 is 1.16 bits per heavy atom. The van der Waals surface area contributed by atoms with Crippen LogP contribution in [0.25, 0.3) is 0 Å². The second-order valence-corrected chi connectivity index (χ2v) is 6.69. The Morgan fingerprint density at radius 2 is 1.92 bits per heavy atom. The van der Waals surface area contributed by atoms with Gasteiger partial charge in [0.1, 0.15) is 0 Å². The van der Waals surface area contributed by atoms with Gasteiger partial charge in [0.25, 0.3) is 5.91 Å². The molecule has 0 bridgehead atoms. The van der Waals surface area contributed by atoms with E-state index in [1.165, 1.54) is 0 Å². The molecule has 3 rings (SSSR count). The van der Waals surface area contributed by atoms with Gasteiger partial charge in [-0.3, -0.25) is 9.78 Å². The minimum Gasteiger partial charge on any atom is -0.342 e. The number of rotatable bonds is 5. The summed E-state index contributed by atoms with van der Waals surface area (Å²) < 4.78 is 2.12. The fourth-order valence-electron chi connectivity index (χ4n) is 2.87. The summed E-state index contributed by atoms with van der Waals surface area (Å²) in [6.07, 6.45) is 3.79. The normalized spacial score (nSPS) is 10.7. The molecule has 25 heavy (non-hydrogen) atoms. The number of para-hydroxylation sites is 1. The number of pyridine rings is 1. The molecule has 2 aromatic heterocycles. The zero-order chi connectivity index (χ0) is 17.8. The van der Waals surface area contributed by atoms with Gasteiger partial charge in [0, 0.05) is 22.5 Å². The molecule has 1 N–H and O–H groups in total. The molecule has 0 fully saturated rings. The molecule has 128 valence electrons. The standard InChI is InChI=1S/C20H21N3OS/c1-14-12-17(15(2)23(14)13-16-8-6-7-11-21-16)20(24)22-18-9-4-5-10-19(18)25-3/h4-12H,13H2,1-3H3,(H,22,24). The van der Waals surface area contributed by atoms with Gasteiger partial charge in [-0.05, 0) is 50.4 Å². The van der Waals surface area contributed by atoms with Crippen LogP contribution < -0.4 is 5.32 Å². The molecule has 0 spiro atoms. The third-order valence-corrected chi connectivity index (χ3v) is 5.02. The van der Waals surface area contributed by atoms with Crippen LogP contribution in [0.3, 0.4) is 0 Å². The number of aryl methyl sites for hydroxylation is 1. The fourth-order valence-corrected chi connectivity index (χ4v) is 3.42. The van der Waals surface area contributed by atoms with Crippen LogP contribution >= 0.6 is 11.8 Å². The molecule has 3 aromatic rings. The highest BCUT2D eigenvalue weighted by molar-refractivity contribution is 7.98. The molecule has 0 saturated heterocycles. The number of aromatic nitrogens is 2. The first kappa shape index (κ1) is 17.3. The van der Waals surface area contributed by atoms with Crippen molar-refractivity contribution in [3.8, 4) is 0 Å². The van der Waals surface area contributed by atoms with Crippen molar-refractivity contribution in [1.29, 1.82) is 0 Å². The first-order valence-corrected chi connectivity index (χ1v) is 9.33. The first-order valence-electron chi connectivity index (χ1n) is 8.11. The van der Waals surface area contributed by atoms with Crippen LogP contribution in [0, 0.1) is 13.8 Å². The number of hydrogen-bond donors (Lipinski definition) is 1. The number of nitrogens with one attached hydrogen (secondary N) is 1. The van der Waals surface area contributed by atoms with E-state index >= 15 is 0 Å². The molecule has 0 saturated carbocycles. The van der Waals surface area contributed by atoms with Crippen molar-refractivity contribution in [1.82, 2.24) is 9.55 Å². The fraction of sp³-hybridized carbons (Fsp3) is 0.200. The van der Waals surface area contributed by atoms with Crippen LogP contribution in [0.2, 0.25) is 0 Å². The molecule has 1 amide bonds. The van der Waals surface area contributed by atoms with E-state index in [1.54, 1.807) is 18.0 Å². The number of nitrogens with zero attached hydrogens (tertiary/aromatic N) is 2. The van der Waals surface area contributed by atoms with Gasteiger partial charge in [-0.25, -0.2) is 0 Å². The summed E-state index contributed by atoms with van der Waals surface area (Å²) in [5.41, 5.74) is 4.51. The number of amides is 1. The molecular weight excluding hydrogens is 330 g/mol. The predicted molar refractivity (Wildman–Crippen MR) is 103 cm³/mol. The minimum atomic E-state index is -0.0816.